The number of carbonyl (C=O) groups excluding carboxylic acids is 1. The summed E-state index contributed by atoms with van der Waals surface area (Å²) in [5.74, 6) is 1.66. The van der Waals surface area contributed by atoms with Gasteiger partial charge in [-0.25, -0.2) is 4.39 Å². The number of nitrogens with one attached hydrogen (secondary N) is 1. The third-order valence-corrected chi connectivity index (χ3v) is 7.33. The van der Waals surface area contributed by atoms with Gasteiger partial charge in [0, 0.05) is 35.5 Å². The molecule has 3 heterocycles. The van der Waals surface area contributed by atoms with Gasteiger partial charge in [-0.3, -0.25) is 9.69 Å². The highest BCUT2D eigenvalue weighted by Gasteiger charge is 2.39. The summed E-state index contributed by atoms with van der Waals surface area (Å²) in [5, 5.41) is 3.66. The number of halogens is 1. The second-order valence-electron chi connectivity index (χ2n) is 10.4. The Morgan fingerprint density at radius 3 is 2.82 bits per heavy atom. The van der Waals surface area contributed by atoms with Crippen LogP contribution in [-0.4, -0.2) is 42.6 Å². The third-order valence-electron chi connectivity index (χ3n) is 7.33. The van der Waals surface area contributed by atoms with E-state index < -0.39 is 5.82 Å². The van der Waals surface area contributed by atoms with Gasteiger partial charge in [0.05, 0.1) is 0 Å². The zero-order valence-electron chi connectivity index (χ0n) is 19.7. The number of ether oxygens (including phenoxy) is 1. The van der Waals surface area contributed by atoms with Gasteiger partial charge in [-0.2, -0.15) is 0 Å². The van der Waals surface area contributed by atoms with E-state index in [1.165, 1.54) is 17.4 Å². The van der Waals surface area contributed by atoms with Crippen LogP contribution in [0.3, 0.4) is 0 Å². The fraction of sp³-hybridized carbons (Fsp3) is 0.519. The molecule has 1 amide bonds. The van der Waals surface area contributed by atoms with Crippen molar-refractivity contribution in [3.63, 3.8) is 0 Å². The van der Waals surface area contributed by atoms with Crippen LogP contribution >= 0.6 is 0 Å². The standard InChI is InChI=1S/C27H33FN2O3/c1-17-21-8-5-9-22(28)25(21)32-23(17)26(31)29-15-18-10-12-30(13-11-18)16-20-7-4-6-19-14-27(2,3)33-24(19)20/h4-5,7-9,18-19H,6,10-16H2,1-3H3,(H,29,31). The first kappa shape index (κ1) is 22.2. The molecule has 2 saturated heterocycles. The molecule has 0 bridgehead atoms. The number of likely N-dealkylation sites (tertiary alicyclic amines) is 1. The molecule has 0 radical (unpaired) electrons. The molecule has 1 unspecified atom stereocenters. The molecule has 6 heteroatoms. The van der Waals surface area contributed by atoms with Gasteiger partial charge in [0.2, 0.25) is 0 Å². The number of aryl methyl sites for hydroxylation is 1. The number of benzene rings is 1. The summed E-state index contributed by atoms with van der Waals surface area (Å²) >= 11 is 0. The number of rotatable bonds is 5. The van der Waals surface area contributed by atoms with Gasteiger partial charge >= 0.3 is 0 Å². The fourth-order valence-electron chi connectivity index (χ4n) is 5.55. The first-order valence-electron chi connectivity index (χ1n) is 12.1. The van der Waals surface area contributed by atoms with E-state index in [2.05, 4.69) is 36.2 Å². The van der Waals surface area contributed by atoms with Crippen molar-refractivity contribution in [3.8, 4) is 0 Å². The van der Waals surface area contributed by atoms with Crippen LogP contribution in [0.4, 0.5) is 4.39 Å². The van der Waals surface area contributed by atoms with E-state index in [-0.39, 0.29) is 22.9 Å². The van der Waals surface area contributed by atoms with Crippen LogP contribution in [0.5, 0.6) is 0 Å². The first-order valence-corrected chi connectivity index (χ1v) is 12.1. The maximum Gasteiger partial charge on any atom is 0.287 e. The molecule has 1 aromatic heterocycles. The summed E-state index contributed by atoms with van der Waals surface area (Å²) in [5.41, 5.74) is 2.10. The van der Waals surface area contributed by atoms with Gasteiger partial charge in [-0.15, -0.1) is 0 Å². The molecule has 1 atom stereocenters. The molecule has 2 fully saturated rings. The third kappa shape index (κ3) is 4.45. The molecule has 3 aliphatic rings. The van der Waals surface area contributed by atoms with Crippen LogP contribution in [0.1, 0.15) is 55.6 Å². The molecular formula is C27H33FN2O3. The highest BCUT2D eigenvalue weighted by atomic mass is 19.1. The topological polar surface area (TPSA) is 54.7 Å². The number of fused-ring (bicyclic) bond motifs is 2. The predicted molar refractivity (Wildman–Crippen MR) is 126 cm³/mol. The lowest BCUT2D eigenvalue weighted by Gasteiger charge is -2.33. The van der Waals surface area contributed by atoms with Crippen molar-refractivity contribution in [2.75, 3.05) is 26.2 Å². The Morgan fingerprint density at radius 2 is 2.06 bits per heavy atom. The molecule has 5 nitrogen and oxygen atoms in total. The first-order chi connectivity index (χ1) is 15.8. The van der Waals surface area contributed by atoms with Crippen molar-refractivity contribution >= 4 is 16.9 Å². The fourth-order valence-corrected chi connectivity index (χ4v) is 5.55. The summed E-state index contributed by atoms with van der Waals surface area (Å²) in [6.45, 7) is 9.72. The smallest absolute Gasteiger partial charge is 0.287 e. The summed E-state index contributed by atoms with van der Waals surface area (Å²) in [6.07, 6.45) is 8.80. The van der Waals surface area contributed by atoms with Crippen LogP contribution in [0, 0.1) is 24.6 Å². The van der Waals surface area contributed by atoms with E-state index >= 15 is 0 Å². The number of para-hydroxylation sites is 1. The zero-order chi connectivity index (χ0) is 23.2. The van der Waals surface area contributed by atoms with Crippen molar-refractivity contribution in [2.45, 2.75) is 52.1 Å². The van der Waals surface area contributed by atoms with Gasteiger partial charge in [-0.1, -0.05) is 24.3 Å². The average Bonchev–Trinajstić information content (AvgIpc) is 3.30. The second-order valence-corrected chi connectivity index (χ2v) is 10.4. The Hall–Kier alpha value is -2.60. The van der Waals surface area contributed by atoms with Crippen molar-refractivity contribution in [1.82, 2.24) is 10.2 Å². The van der Waals surface area contributed by atoms with Crippen molar-refractivity contribution in [1.29, 1.82) is 0 Å². The lowest BCUT2D eigenvalue weighted by atomic mass is 9.88. The highest BCUT2D eigenvalue weighted by molar-refractivity contribution is 5.99. The van der Waals surface area contributed by atoms with Gasteiger partial charge in [0.25, 0.3) is 5.91 Å². The Balaban J connectivity index is 1.14. The largest absolute Gasteiger partial charge is 0.492 e. The van der Waals surface area contributed by atoms with Gasteiger partial charge in [0.1, 0.15) is 11.4 Å². The van der Waals surface area contributed by atoms with Crippen LogP contribution in [0.25, 0.3) is 11.0 Å². The molecule has 5 rings (SSSR count). The zero-order valence-corrected chi connectivity index (χ0v) is 19.7. The second kappa shape index (κ2) is 8.64. The summed E-state index contributed by atoms with van der Waals surface area (Å²) in [6, 6.07) is 4.76. The normalized spacial score (nSPS) is 23.1. The Bertz CT molecular complexity index is 1120. The van der Waals surface area contributed by atoms with E-state index in [0.29, 0.717) is 29.3 Å². The molecule has 1 N–H and O–H groups in total. The molecule has 1 aliphatic carbocycles. The number of piperidine rings is 1. The minimum Gasteiger partial charge on any atom is -0.492 e. The van der Waals surface area contributed by atoms with Crippen LogP contribution < -0.4 is 5.32 Å². The van der Waals surface area contributed by atoms with E-state index in [0.717, 1.165) is 45.3 Å². The average molecular weight is 453 g/mol. The number of furan rings is 1. The minimum atomic E-state index is -0.441. The lowest BCUT2D eigenvalue weighted by Crippen LogP contribution is -2.39. The molecular weight excluding hydrogens is 419 g/mol. The van der Waals surface area contributed by atoms with E-state index in [9.17, 15) is 9.18 Å². The van der Waals surface area contributed by atoms with Crippen molar-refractivity contribution < 1.29 is 18.3 Å². The minimum absolute atomic E-state index is 0.0631. The molecule has 176 valence electrons. The van der Waals surface area contributed by atoms with E-state index in [4.69, 9.17) is 9.15 Å². The summed E-state index contributed by atoms with van der Waals surface area (Å²) in [4.78, 5) is 15.2. The maximum absolute atomic E-state index is 14.0. The lowest BCUT2D eigenvalue weighted by molar-refractivity contribution is 0.0737. The van der Waals surface area contributed by atoms with E-state index in [1.807, 2.05) is 0 Å². The SMILES string of the molecule is Cc1c(C(=O)NCC2CCN(CC3=C4OC(C)(C)CC4CC=C3)CC2)oc2c(F)cccc12. The molecule has 2 aliphatic heterocycles. The monoisotopic (exact) mass is 452 g/mol. The Kier molecular flexibility index (Phi) is 5.81. The van der Waals surface area contributed by atoms with Crippen LogP contribution in [-0.2, 0) is 4.74 Å². The number of hydrogen-bond donors (Lipinski definition) is 1. The predicted octanol–water partition coefficient (Wildman–Crippen LogP) is 5.35. The molecule has 2 aromatic rings. The van der Waals surface area contributed by atoms with Crippen molar-refractivity contribution in [3.05, 3.63) is 58.8 Å². The van der Waals surface area contributed by atoms with Gasteiger partial charge < -0.3 is 14.5 Å². The Labute approximate surface area is 194 Å². The summed E-state index contributed by atoms with van der Waals surface area (Å²) in [7, 11) is 0. The number of carbonyl (C=O) groups is 1. The maximum atomic E-state index is 14.0. The highest BCUT2D eigenvalue weighted by Crippen LogP contribution is 2.43. The van der Waals surface area contributed by atoms with Crippen molar-refractivity contribution in [2.24, 2.45) is 11.8 Å². The van der Waals surface area contributed by atoms with Gasteiger partial charge in [-0.05, 0) is 71.5 Å². The Morgan fingerprint density at radius 1 is 1.27 bits per heavy atom. The number of nitrogens with zero attached hydrogens (tertiary/aromatic N) is 1. The van der Waals surface area contributed by atoms with Gasteiger partial charge in [0.15, 0.2) is 17.2 Å². The molecule has 33 heavy (non-hydrogen) atoms. The quantitative estimate of drug-likeness (QED) is 0.664. The van der Waals surface area contributed by atoms with E-state index in [1.54, 1.807) is 19.1 Å². The number of allylic oxidation sites excluding steroid dienone is 2. The molecule has 0 spiro atoms. The summed E-state index contributed by atoms with van der Waals surface area (Å²) < 4.78 is 25.8. The van der Waals surface area contributed by atoms with Crippen LogP contribution in [0.15, 0.2) is 46.1 Å². The number of hydrogen-bond acceptors (Lipinski definition) is 4. The van der Waals surface area contributed by atoms with Crippen LogP contribution in [0.2, 0.25) is 0 Å². The molecule has 0 saturated carbocycles. The number of amides is 1. The molecule has 1 aromatic carbocycles.